The van der Waals surface area contributed by atoms with Gasteiger partial charge in [0.2, 0.25) is 5.91 Å². The number of halogens is 2. The lowest BCUT2D eigenvalue weighted by Gasteiger charge is -2.15. The number of amides is 1. The normalized spacial score (nSPS) is 10.3. The van der Waals surface area contributed by atoms with Crippen LogP contribution in [0.1, 0.15) is 12.5 Å². The van der Waals surface area contributed by atoms with Gasteiger partial charge in [0.15, 0.2) is 5.75 Å². The number of ether oxygens (including phenoxy) is 1. The molecule has 0 radical (unpaired) electrons. The lowest BCUT2D eigenvalue weighted by molar-refractivity contribution is -0.114. The van der Waals surface area contributed by atoms with Gasteiger partial charge in [-0.3, -0.25) is 4.79 Å². The first-order chi connectivity index (χ1) is 11.0. The summed E-state index contributed by atoms with van der Waals surface area (Å²) in [6.07, 6.45) is 0. The molecule has 2 aromatic carbocycles. The lowest BCUT2D eigenvalue weighted by Crippen LogP contribution is -2.22. The summed E-state index contributed by atoms with van der Waals surface area (Å²) in [7, 11) is 0. The second-order valence-corrected chi connectivity index (χ2v) is 6.20. The van der Waals surface area contributed by atoms with Gasteiger partial charge >= 0.3 is 0 Å². The molecule has 0 saturated carbocycles. The highest BCUT2D eigenvalue weighted by Crippen LogP contribution is 2.36. The molecule has 1 amide bonds. The summed E-state index contributed by atoms with van der Waals surface area (Å²) in [5.41, 5.74) is 2.49. The summed E-state index contributed by atoms with van der Waals surface area (Å²) in [5, 5.41) is 6.50. The number of hydrogen-bond acceptors (Lipinski definition) is 3. The van der Waals surface area contributed by atoms with E-state index in [1.54, 1.807) is 12.1 Å². The Hall–Kier alpha value is -1.72. The first-order valence-corrected chi connectivity index (χ1v) is 8.39. The van der Waals surface area contributed by atoms with Crippen LogP contribution in [0, 0.1) is 6.92 Å². The van der Waals surface area contributed by atoms with Crippen molar-refractivity contribution in [3.63, 3.8) is 0 Å². The molecule has 0 heterocycles. The minimum Gasteiger partial charge on any atom is -0.491 e. The van der Waals surface area contributed by atoms with Gasteiger partial charge in [-0.1, -0.05) is 29.8 Å². The van der Waals surface area contributed by atoms with Crippen molar-refractivity contribution in [3.8, 4) is 5.75 Å². The Labute approximate surface area is 149 Å². The fourth-order valence-electron chi connectivity index (χ4n) is 2.07. The molecule has 0 aliphatic rings. The van der Waals surface area contributed by atoms with E-state index in [0.717, 1.165) is 15.7 Å². The summed E-state index contributed by atoms with van der Waals surface area (Å²) in [6, 6.07) is 11.1. The van der Waals surface area contributed by atoms with Gasteiger partial charge in [-0.2, -0.15) is 0 Å². The standard InChI is InChI=1S/C17H18BrClN2O2/c1-3-23-17-13(18)8-12(19)9-15(17)20-10-16(22)21-14-7-5-4-6-11(14)2/h4-9,20H,3,10H2,1-2H3,(H,21,22). The van der Waals surface area contributed by atoms with E-state index in [-0.39, 0.29) is 12.5 Å². The summed E-state index contributed by atoms with van der Waals surface area (Å²) < 4.78 is 6.34. The van der Waals surface area contributed by atoms with E-state index in [1.807, 2.05) is 38.1 Å². The molecule has 2 N–H and O–H groups in total. The average molecular weight is 398 g/mol. The monoisotopic (exact) mass is 396 g/mol. The van der Waals surface area contributed by atoms with Gasteiger partial charge < -0.3 is 15.4 Å². The molecule has 122 valence electrons. The average Bonchev–Trinajstić information content (AvgIpc) is 2.50. The molecular formula is C17H18BrClN2O2. The van der Waals surface area contributed by atoms with Gasteiger partial charge in [0.1, 0.15) is 0 Å². The molecule has 0 atom stereocenters. The van der Waals surface area contributed by atoms with Crippen LogP contribution >= 0.6 is 27.5 Å². The number of anilines is 2. The number of hydrogen-bond donors (Lipinski definition) is 2. The summed E-state index contributed by atoms with van der Waals surface area (Å²) in [4.78, 5) is 12.1. The molecule has 0 bridgehead atoms. The van der Waals surface area contributed by atoms with Crippen molar-refractivity contribution in [2.24, 2.45) is 0 Å². The Morgan fingerprint density at radius 1 is 1.26 bits per heavy atom. The molecular weight excluding hydrogens is 380 g/mol. The van der Waals surface area contributed by atoms with Crippen LogP contribution in [-0.4, -0.2) is 19.1 Å². The number of nitrogens with one attached hydrogen (secondary N) is 2. The molecule has 0 aliphatic heterocycles. The summed E-state index contributed by atoms with van der Waals surface area (Å²) in [5.74, 6) is 0.499. The van der Waals surface area contributed by atoms with Crippen molar-refractivity contribution in [3.05, 3.63) is 51.5 Å². The van der Waals surface area contributed by atoms with Crippen LogP contribution in [0.25, 0.3) is 0 Å². The Balaban J connectivity index is 2.05. The Morgan fingerprint density at radius 2 is 2.00 bits per heavy atom. The fraction of sp³-hybridized carbons (Fsp3) is 0.235. The molecule has 0 saturated heterocycles. The minimum atomic E-state index is -0.141. The molecule has 0 spiro atoms. The smallest absolute Gasteiger partial charge is 0.243 e. The van der Waals surface area contributed by atoms with Gasteiger partial charge in [-0.25, -0.2) is 0 Å². The molecule has 0 aromatic heterocycles. The Bertz CT molecular complexity index is 707. The third-order valence-corrected chi connectivity index (χ3v) is 3.96. The highest BCUT2D eigenvalue weighted by molar-refractivity contribution is 9.10. The molecule has 23 heavy (non-hydrogen) atoms. The van der Waals surface area contributed by atoms with Gasteiger partial charge in [-0.15, -0.1) is 0 Å². The topological polar surface area (TPSA) is 50.4 Å². The molecule has 0 aliphatic carbocycles. The van der Waals surface area contributed by atoms with E-state index in [9.17, 15) is 4.79 Å². The van der Waals surface area contributed by atoms with Crippen LogP contribution in [0.2, 0.25) is 5.02 Å². The van der Waals surface area contributed by atoms with Crippen molar-refractivity contribution in [1.82, 2.24) is 0 Å². The van der Waals surface area contributed by atoms with Crippen LogP contribution in [-0.2, 0) is 4.79 Å². The van der Waals surface area contributed by atoms with Gasteiger partial charge in [0.05, 0.1) is 23.3 Å². The predicted octanol–water partition coefficient (Wildman–Crippen LogP) is 4.86. The zero-order chi connectivity index (χ0) is 16.8. The zero-order valence-electron chi connectivity index (χ0n) is 13.0. The van der Waals surface area contributed by atoms with Gasteiger partial charge in [0.25, 0.3) is 0 Å². The van der Waals surface area contributed by atoms with E-state index in [4.69, 9.17) is 16.3 Å². The number of carbonyl (C=O) groups excluding carboxylic acids is 1. The quantitative estimate of drug-likeness (QED) is 0.732. The van der Waals surface area contributed by atoms with Crippen LogP contribution in [0.5, 0.6) is 5.75 Å². The predicted molar refractivity (Wildman–Crippen MR) is 98.6 cm³/mol. The van der Waals surface area contributed by atoms with E-state index in [0.29, 0.717) is 23.1 Å². The highest BCUT2D eigenvalue weighted by atomic mass is 79.9. The lowest BCUT2D eigenvalue weighted by atomic mass is 10.2. The van der Waals surface area contributed by atoms with Crippen LogP contribution < -0.4 is 15.4 Å². The number of carbonyl (C=O) groups is 1. The number of rotatable bonds is 6. The zero-order valence-corrected chi connectivity index (χ0v) is 15.3. The summed E-state index contributed by atoms with van der Waals surface area (Å²) >= 11 is 9.48. The maximum absolute atomic E-state index is 12.1. The van der Waals surface area contributed by atoms with E-state index >= 15 is 0 Å². The maximum Gasteiger partial charge on any atom is 0.243 e. The second kappa shape index (κ2) is 8.22. The van der Waals surface area contributed by atoms with Gasteiger partial charge in [0, 0.05) is 10.7 Å². The van der Waals surface area contributed by atoms with Crippen molar-refractivity contribution >= 4 is 44.8 Å². The highest BCUT2D eigenvalue weighted by Gasteiger charge is 2.12. The fourth-order valence-corrected chi connectivity index (χ4v) is 2.99. The van der Waals surface area contributed by atoms with Crippen molar-refractivity contribution in [1.29, 1.82) is 0 Å². The molecule has 2 aromatic rings. The third kappa shape index (κ3) is 4.88. The maximum atomic E-state index is 12.1. The van der Waals surface area contributed by atoms with Crippen LogP contribution in [0.15, 0.2) is 40.9 Å². The Morgan fingerprint density at radius 3 is 2.70 bits per heavy atom. The molecule has 4 nitrogen and oxygen atoms in total. The largest absolute Gasteiger partial charge is 0.491 e. The number of para-hydroxylation sites is 1. The minimum absolute atomic E-state index is 0.112. The van der Waals surface area contributed by atoms with E-state index in [2.05, 4.69) is 26.6 Å². The first kappa shape index (κ1) is 17.6. The molecule has 6 heteroatoms. The number of benzene rings is 2. The van der Waals surface area contributed by atoms with Crippen molar-refractivity contribution in [2.75, 3.05) is 23.8 Å². The third-order valence-electron chi connectivity index (χ3n) is 3.16. The SMILES string of the molecule is CCOc1c(Br)cc(Cl)cc1NCC(=O)Nc1ccccc1C. The first-order valence-electron chi connectivity index (χ1n) is 7.22. The van der Waals surface area contributed by atoms with E-state index < -0.39 is 0 Å². The van der Waals surface area contributed by atoms with Crippen LogP contribution in [0.3, 0.4) is 0 Å². The second-order valence-electron chi connectivity index (χ2n) is 4.91. The molecule has 2 rings (SSSR count). The van der Waals surface area contributed by atoms with Gasteiger partial charge in [-0.05, 0) is 53.5 Å². The molecule has 0 unspecified atom stereocenters. The number of aryl methyl sites for hydroxylation is 1. The summed E-state index contributed by atoms with van der Waals surface area (Å²) in [6.45, 7) is 4.48. The Kier molecular flexibility index (Phi) is 6.30. The van der Waals surface area contributed by atoms with Crippen LogP contribution in [0.4, 0.5) is 11.4 Å². The van der Waals surface area contributed by atoms with Crippen molar-refractivity contribution < 1.29 is 9.53 Å². The van der Waals surface area contributed by atoms with E-state index in [1.165, 1.54) is 0 Å². The van der Waals surface area contributed by atoms with Crippen molar-refractivity contribution in [2.45, 2.75) is 13.8 Å². The molecule has 0 fully saturated rings.